The molecule has 4 aromatic rings. The highest BCUT2D eigenvalue weighted by atomic mass is 32.2. The predicted octanol–water partition coefficient (Wildman–Crippen LogP) is 5.00. The van der Waals surface area contributed by atoms with E-state index in [1.807, 2.05) is 43.3 Å². The van der Waals surface area contributed by atoms with Crippen LogP contribution in [0.1, 0.15) is 18.1 Å². The number of anilines is 1. The second-order valence-electron chi connectivity index (χ2n) is 7.88. The standard InChI is InChI=1S/C28H25N3O4S/c1-3-35-26(33)17-14-20-12-15-21(16-13-20)29-25(32)18-36-28-30-23-10-6-5-9-22(23)27(34)31(28)24-11-7-4-8-19(24)2/h4-17H,3,18H2,1-2H3,(H,29,32)/b17-14+. The number of aryl methyl sites for hydroxylation is 1. The van der Waals surface area contributed by atoms with Gasteiger partial charge in [-0.25, -0.2) is 9.78 Å². The van der Waals surface area contributed by atoms with Crippen molar-refractivity contribution in [2.75, 3.05) is 17.7 Å². The van der Waals surface area contributed by atoms with E-state index < -0.39 is 5.97 Å². The Morgan fingerprint density at radius 1 is 1.03 bits per heavy atom. The Labute approximate surface area is 212 Å². The Morgan fingerprint density at radius 3 is 2.50 bits per heavy atom. The zero-order valence-corrected chi connectivity index (χ0v) is 20.7. The van der Waals surface area contributed by atoms with Crippen molar-refractivity contribution in [1.29, 1.82) is 0 Å². The van der Waals surface area contributed by atoms with E-state index in [0.29, 0.717) is 28.4 Å². The average molecular weight is 500 g/mol. The fourth-order valence-corrected chi connectivity index (χ4v) is 4.40. The van der Waals surface area contributed by atoms with E-state index in [1.54, 1.807) is 54.0 Å². The zero-order valence-electron chi connectivity index (χ0n) is 19.9. The van der Waals surface area contributed by atoms with Crippen LogP contribution >= 0.6 is 11.8 Å². The molecule has 0 radical (unpaired) electrons. The van der Waals surface area contributed by atoms with E-state index in [9.17, 15) is 14.4 Å². The minimum atomic E-state index is -0.404. The van der Waals surface area contributed by atoms with Crippen LogP contribution in [0.25, 0.3) is 22.7 Å². The van der Waals surface area contributed by atoms with Crippen LogP contribution in [0.4, 0.5) is 5.69 Å². The second-order valence-corrected chi connectivity index (χ2v) is 8.83. The molecule has 1 N–H and O–H groups in total. The van der Waals surface area contributed by atoms with Crippen LogP contribution < -0.4 is 10.9 Å². The van der Waals surface area contributed by atoms with Gasteiger partial charge in [0.15, 0.2) is 5.16 Å². The lowest BCUT2D eigenvalue weighted by Gasteiger charge is -2.15. The Bertz CT molecular complexity index is 1490. The van der Waals surface area contributed by atoms with Crippen LogP contribution in [0.15, 0.2) is 88.8 Å². The highest BCUT2D eigenvalue weighted by molar-refractivity contribution is 7.99. The Hall–Kier alpha value is -4.17. The molecule has 0 aliphatic rings. The van der Waals surface area contributed by atoms with Crippen LogP contribution in [0.2, 0.25) is 0 Å². The monoisotopic (exact) mass is 499 g/mol. The van der Waals surface area contributed by atoms with Crippen molar-refractivity contribution in [1.82, 2.24) is 9.55 Å². The summed E-state index contributed by atoms with van der Waals surface area (Å²) in [5, 5.41) is 3.82. The summed E-state index contributed by atoms with van der Waals surface area (Å²) in [5.41, 5.74) is 3.50. The maximum Gasteiger partial charge on any atom is 0.330 e. The van der Waals surface area contributed by atoms with Crippen molar-refractivity contribution in [3.8, 4) is 5.69 Å². The van der Waals surface area contributed by atoms with Crippen molar-refractivity contribution >= 4 is 46.3 Å². The smallest absolute Gasteiger partial charge is 0.330 e. The van der Waals surface area contributed by atoms with Crippen molar-refractivity contribution in [2.45, 2.75) is 19.0 Å². The number of rotatable bonds is 8. The largest absolute Gasteiger partial charge is 0.463 e. The van der Waals surface area contributed by atoms with Gasteiger partial charge in [0.25, 0.3) is 5.56 Å². The summed E-state index contributed by atoms with van der Waals surface area (Å²) in [7, 11) is 0. The number of ether oxygens (including phenoxy) is 1. The molecule has 0 saturated heterocycles. The van der Waals surface area contributed by atoms with E-state index in [0.717, 1.165) is 16.8 Å². The first-order chi connectivity index (χ1) is 17.5. The molecular formula is C28H25N3O4S. The Kier molecular flexibility index (Phi) is 7.97. The molecule has 3 aromatic carbocycles. The maximum absolute atomic E-state index is 13.4. The first-order valence-corrected chi connectivity index (χ1v) is 12.4. The van der Waals surface area contributed by atoms with Gasteiger partial charge < -0.3 is 10.1 Å². The number of esters is 1. The number of thioether (sulfide) groups is 1. The molecule has 0 saturated carbocycles. The van der Waals surface area contributed by atoms with E-state index in [1.165, 1.54) is 17.8 Å². The lowest BCUT2D eigenvalue weighted by molar-refractivity contribution is -0.137. The Balaban J connectivity index is 1.51. The molecule has 36 heavy (non-hydrogen) atoms. The first-order valence-electron chi connectivity index (χ1n) is 11.4. The van der Waals surface area contributed by atoms with Crippen molar-refractivity contribution < 1.29 is 14.3 Å². The molecule has 1 amide bonds. The van der Waals surface area contributed by atoms with E-state index in [4.69, 9.17) is 9.72 Å². The van der Waals surface area contributed by atoms with Gasteiger partial charge in [-0.2, -0.15) is 0 Å². The second kappa shape index (κ2) is 11.5. The summed E-state index contributed by atoms with van der Waals surface area (Å²) in [6.45, 7) is 4.00. The van der Waals surface area contributed by atoms with Gasteiger partial charge in [-0.15, -0.1) is 0 Å². The summed E-state index contributed by atoms with van der Waals surface area (Å²) in [5.74, 6) is -0.562. The van der Waals surface area contributed by atoms with Crippen LogP contribution in [-0.2, 0) is 14.3 Å². The number of benzene rings is 3. The van der Waals surface area contributed by atoms with Gasteiger partial charge in [0.2, 0.25) is 5.91 Å². The van der Waals surface area contributed by atoms with Gasteiger partial charge in [0, 0.05) is 11.8 Å². The van der Waals surface area contributed by atoms with Crippen LogP contribution in [0.5, 0.6) is 0 Å². The van der Waals surface area contributed by atoms with Gasteiger partial charge in [-0.3, -0.25) is 14.2 Å². The summed E-state index contributed by atoms with van der Waals surface area (Å²) >= 11 is 1.20. The number of amides is 1. The van der Waals surface area contributed by atoms with Crippen LogP contribution in [0.3, 0.4) is 0 Å². The highest BCUT2D eigenvalue weighted by Gasteiger charge is 2.16. The highest BCUT2D eigenvalue weighted by Crippen LogP contribution is 2.23. The molecule has 0 fully saturated rings. The number of carbonyl (C=O) groups excluding carboxylic acids is 2. The number of aromatic nitrogens is 2. The first kappa shape index (κ1) is 24.9. The lowest BCUT2D eigenvalue weighted by atomic mass is 10.2. The molecule has 0 aliphatic heterocycles. The number of fused-ring (bicyclic) bond motifs is 1. The van der Waals surface area contributed by atoms with E-state index in [2.05, 4.69) is 5.32 Å². The molecule has 7 nitrogen and oxygen atoms in total. The minimum absolute atomic E-state index is 0.0706. The number of hydrogen-bond acceptors (Lipinski definition) is 6. The van der Waals surface area contributed by atoms with Crippen molar-refractivity contribution in [3.63, 3.8) is 0 Å². The maximum atomic E-state index is 13.4. The number of carbonyl (C=O) groups is 2. The van der Waals surface area contributed by atoms with Crippen LogP contribution in [-0.4, -0.2) is 33.8 Å². The molecule has 0 spiro atoms. The number of nitrogens with one attached hydrogen (secondary N) is 1. The van der Waals surface area contributed by atoms with Gasteiger partial charge in [0.05, 0.1) is 29.0 Å². The molecular weight excluding hydrogens is 474 g/mol. The summed E-state index contributed by atoms with van der Waals surface area (Å²) in [4.78, 5) is 42.2. The molecule has 0 bridgehead atoms. The SMILES string of the molecule is CCOC(=O)/C=C/c1ccc(NC(=O)CSc2nc3ccccc3c(=O)n2-c2ccccc2C)cc1. The predicted molar refractivity (Wildman–Crippen MR) is 144 cm³/mol. The molecule has 8 heteroatoms. The van der Waals surface area contributed by atoms with Gasteiger partial charge in [-0.05, 0) is 61.4 Å². The third kappa shape index (κ3) is 5.90. The van der Waals surface area contributed by atoms with Gasteiger partial charge in [-0.1, -0.05) is 54.2 Å². The molecule has 182 valence electrons. The zero-order chi connectivity index (χ0) is 25.5. The normalized spacial score (nSPS) is 11.1. The fourth-order valence-electron chi connectivity index (χ4n) is 3.60. The molecule has 0 atom stereocenters. The molecule has 1 heterocycles. The molecule has 4 rings (SSSR count). The van der Waals surface area contributed by atoms with Crippen LogP contribution in [0, 0.1) is 6.92 Å². The molecule has 1 aromatic heterocycles. The third-order valence-electron chi connectivity index (χ3n) is 5.33. The van der Waals surface area contributed by atoms with Gasteiger partial charge in [0.1, 0.15) is 0 Å². The average Bonchev–Trinajstić information content (AvgIpc) is 2.88. The van der Waals surface area contributed by atoms with Gasteiger partial charge >= 0.3 is 5.97 Å². The van der Waals surface area contributed by atoms with E-state index >= 15 is 0 Å². The van der Waals surface area contributed by atoms with Crippen molar-refractivity contribution in [2.24, 2.45) is 0 Å². The summed E-state index contributed by atoms with van der Waals surface area (Å²) in [6, 6.07) is 21.9. The minimum Gasteiger partial charge on any atom is -0.463 e. The quantitative estimate of drug-likeness (QED) is 0.159. The molecule has 0 aliphatic carbocycles. The fraction of sp³-hybridized carbons (Fsp3) is 0.143. The molecule has 0 unspecified atom stereocenters. The number of para-hydroxylation sites is 2. The number of hydrogen-bond donors (Lipinski definition) is 1. The van der Waals surface area contributed by atoms with Crippen molar-refractivity contribution in [3.05, 3.63) is 100 Å². The van der Waals surface area contributed by atoms with E-state index in [-0.39, 0.29) is 17.2 Å². The number of nitrogens with zero attached hydrogens (tertiary/aromatic N) is 2. The lowest BCUT2D eigenvalue weighted by Crippen LogP contribution is -2.23. The topological polar surface area (TPSA) is 90.3 Å². The summed E-state index contributed by atoms with van der Waals surface area (Å²) in [6.07, 6.45) is 3.01. The Morgan fingerprint density at radius 2 is 1.75 bits per heavy atom. The third-order valence-corrected chi connectivity index (χ3v) is 6.27. The summed E-state index contributed by atoms with van der Waals surface area (Å²) < 4.78 is 6.44.